The van der Waals surface area contributed by atoms with Crippen LogP contribution < -0.4 is 29.6 Å². The number of nitro benzene ring substituents is 1. The minimum atomic E-state index is -2.30. The predicted octanol–water partition coefficient (Wildman–Crippen LogP) is -1.05. The summed E-state index contributed by atoms with van der Waals surface area (Å²) in [7, 11) is 0. The van der Waals surface area contributed by atoms with Gasteiger partial charge in [0.05, 0.1) is 14.8 Å². The van der Waals surface area contributed by atoms with E-state index in [0.717, 1.165) is 6.07 Å². The normalized spacial score (nSPS) is 11.6. The molecule has 1 aromatic rings. The van der Waals surface area contributed by atoms with Crippen LogP contribution in [0.25, 0.3) is 0 Å². The molecular weight excluding hydrogens is 241 g/mol. The van der Waals surface area contributed by atoms with Crippen LogP contribution in [0.5, 0.6) is 0 Å². The van der Waals surface area contributed by atoms with Crippen LogP contribution >= 0.6 is 11.6 Å². The number of halogens is 1. The van der Waals surface area contributed by atoms with Gasteiger partial charge in [0.15, 0.2) is 11.1 Å². The van der Waals surface area contributed by atoms with E-state index < -0.39 is 16.0 Å². The molecule has 0 radical (unpaired) electrons. The third-order valence-electron chi connectivity index (χ3n) is 1.31. The first-order valence-electron chi connectivity index (χ1n) is 3.07. The van der Waals surface area contributed by atoms with Crippen molar-refractivity contribution in [1.29, 1.82) is 0 Å². The molecule has 0 heterocycles. The Labute approximate surface area is 111 Å². The Kier molecular flexibility index (Phi) is 5.80. The first-order chi connectivity index (χ1) is 6.02. The minimum Gasteiger partial charge on any atom is -1.00 e. The quantitative estimate of drug-likeness (QED) is 0.312. The molecule has 14 heavy (non-hydrogen) atoms. The van der Waals surface area contributed by atoms with Crippen LogP contribution in [0.1, 0.15) is 1.43 Å². The van der Waals surface area contributed by atoms with Gasteiger partial charge in [0.1, 0.15) is 0 Å². The van der Waals surface area contributed by atoms with Gasteiger partial charge in [-0.15, -0.1) is 0 Å². The maximum atomic E-state index is 10.6. The van der Waals surface area contributed by atoms with Gasteiger partial charge in [0, 0.05) is 12.1 Å². The Hall–Kier alpha value is 0.0200. The van der Waals surface area contributed by atoms with E-state index in [0.29, 0.717) is 0 Å². The Morgan fingerprint density at radius 1 is 1.57 bits per heavy atom. The van der Waals surface area contributed by atoms with E-state index in [-0.39, 0.29) is 46.6 Å². The molecule has 8 heteroatoms. The van der Waals surface area contributed by atoms with Crippen molar-refractivity contribution < 1.29 is 44.7 Å². The number of hydrogen-bond donors (Lipinski definition) is 1. The molecule has 0 fully saturated rings. The van der Waals surface area contributed by atoms with E-state index in [1.807, 2.05) is 0 Å². The van der Waals surface area contributed by atoms with Crippen molar-refractivity contribution in [3.8, 4) is 0 Å². The first-order valence-corrected chi connectivity index (χ1v) is 4.55. The zero-order chi connectivity index (χ0) is 10.0. The molecule has 0 aliphatic rings. The van der Waals surface area contributed by atoms with Gasteiger partial charge in [-0.1, -0.05) is 11.6 Å². The van der Waals surface area contributed by atoms with Gasteiger partial charge in [0.25, 0.3) is 5.69 Å². The summed E-state index contributed by atoms with van der Waals surface area (Å²) in [6, 6.07) is 3.35. The Morgan fingerprint density at radius 2 is 2.14 bits per heavy atom. The maximum absolute atomic E-state index is 10.6. The minimum absolute atomic E-state index is 0. The van der Waals surface area contributed by atoms with Crippen molar-refractivity contribution >= 4 is 28.4 Å². The van der Waals surface area contributed by atoms with Crippen molar-refractivity contribution in [3.63, 3.8) is 0 Å². The van der Waals surface area contributed by atoms with E-state index in [1.54, 1.807) is 0 Å². The van der Waals surface area contributed by atoms with E-state index >= 15 is 0 Å². The number of rotatable bonds is 2. The van der Waals surface area contributed by atoms with E-state index in [4.69, 9.17) is 16.2 Å². The van der Waals surface area contributed by atoms with Crippen LogP contribution in [0, 0.1) is 10.1 Å². The molecule has 1 atom stereocenters. The molecule has 1 unspecified atom stereocenters. The van der Waals surface area contributed by atoms with Gasteiger partial charge in [-0.2, -0.15) is 0 Å². The fraction of sp³-hybridized carbons (Fsp3) is 0. The summed E-state index contributed by atoms with van der Waals surface area (Å²) in [4.78, 5) is 9.45. The van der Waals surface area contributed by atoms with Crippen LogP contribution in [0.4, 0.5) is 5.69 Å². The van der Waals surface area contributed by atoms with Crippen LogP contribution in [0.2, 0.25) is 5.02 Å². The van der Waals surface area contributed by atoms with Gasteiger partial charge >= 0.3 is 29.6 Å². The summed E-state index contributed by atoms with van der Waals surface area (Å²) in [5, 5.41) is 10.3. The third kappa shape index (κ3) is 3.30. The molecule has 0 bridgehead atoms. The first kappa shape index (κ1) is 14.0. The zero-order valence-corrected chi connectivity index (χ0v) is 10.7. The Morgan fingerprint density at radius 3 is 2.57 bits per heavy atom. The predicted molar refractivity (Wildman–Crippen MR) is 48.3 cm³/mol. The molecule has 1 rings (SSSR count). The number of hydrogen-bond acceptors (Lipinski definition) is 3. The fourth-order valence-electron chi connectivity index (χ4n) is 0.739. The van der Waals surface area contributed by atoms with Crippen molar-refractivity contribution in [2.75, 3.05) is 0 Å². The van der Waals surface area contributed by atoms with Crippen molar-refractivity contribution in [3.05, 3.63) is 33.3 Å². The second-order valence-electron chi connectivity index (χ2n) is 2.12. The maximum Gasteiger partial charge on any atom is 1.00 e. The molecule has 0 saturated carbocycles. The summed E-state index contributed by atoms with van der Waals surface area (Å²) >= 11 is 3.22. The fourth-order valence-corrected chi connectivity index (χ4v) is 1.51. The topological polar surface area (TPSA) is 80.4 Å². The van der Waals surface area contributed by atoms with E-state index in [1.165, 1.54) is 12.1 Å². The van der Waals surface area contributed by atoms with Gasteiger partial charge in [-0.25, -0.2) is 4.21 Å². The molecule has 5 nitrogen and oxygen atoms in total. The molecule has 1 N–H and O–H groups in total. The van der Waals surface area contributed by atoms with E-state index in [2.05, 4.69) is 0 Å². The molecule has 0 amide bonds. The zero-order valence-electron chi connectivity index (χ0n) is 8.14. The summed E-state index contributed by atoms with van der Waals surface area (Å²) in [5.41, 5.74) is -0.262. The van der Waals surface area contributed by atoms with Crippen molar-refractivity contribution in [2.45, 2.75) is 4.90 Å². The van der Waals surface area contributed by atoms with Gasteiger partial charge in [-0.3, -0.25) is 10.1 Å². The number of non-ortho nitro benzene ring substituents is 1. The molecule has 1 aromatic carbocycles. The number of nitro groups is 1. The van der Waals surface area contributed by atoms with Crippen molar-refractivity contribution in [1.82, 2.24) is 0 Å². The van der Waals surface area contributed by atoms with Gasteiger partial charge in [-0.05, 0) is 6.07 Å². The molecular formula is C6H5ClNNaO4S. The second kappa shape index (κ2) is 5.79. The molecule has 0 aromatic heterocycles. The average Bonchev–Trinajstić information content (AvgIpc) is 2.04. The van der Waals surface area contributed by atoms with Crippen molar-refractivity contribution in [2.24, 2.45) is 0 Å². The summed E-state index contributed by atoms with van der Waals surface area (Å²) in [5.74, 6) is 0. The number of nitrogens with zero attached hydrogens (tertiary/aromatic N) is 1. The largest absolute Gasteiger partial charge is 1.00 e. The summed E-state index contributed by atoms with van der Waals surface area (Å²) in [6.45, 7) is 0. The number of benzene rings is 1. The molecule has 0 aliphatic carbocycles. The Bertz CT molecular complexity index is 391. The van der Waals surface area contributed by atoms with E-state index in [9.17, 15) is 14.3 Å². The molecule has 0 saturated heterocycles. The summed E-state index contributed by atoms with van der Waals surface area (Å²) in [6.07, 6.45) is 0. The molecule has 72 valence electrons. The van der Waals surface area contributed by atoms with Gasteiger partial charge in [0.2, 0.25) is 0 Å². The van der Waals surface area contributed by atoms with Crippen LogP contribution in [-0.4, -0.2) is 13.7 Å². The second-order valence-corrected chi connectivity index (χ2v) is 3.47. The monoisotopic (exact) mass is 245 g/mol. The standard InChI is InChI=1S/C6H4ClNO4S.Na.H/c7-5-2-1-4(8(9)10)3-6(5)13(11)12;;/h1-3H,(H,11,12);;/q;+1;-1. The van der Waals surface area contributed by atoms with Crippen LogP contribution in [-0.2, 0) is 11.1 Å². The SMILES string of the molecule is O=[N+]([O-])c1ccc(Cl)c(S(=O)O)c1.[H-].[Na+]. The Balaban J connectivity index is 0. The van der Waals surface area contributed by atoms with Crippen LogP contribution in [0.15, 0.2) is 23.1 Å². The molecule has 0 spiro atoms. The van der Waals surface area contributed by atoms with Crippen LogP contribution in [0.3, 0.4) is 0 Å². The summed E-state index contributed by atoms with van der Waals surface area (Å²) < 4.78 is 19.3. The average molecular weight is 246 g/mol. The van der Waals surface area contributed by atoms with Gasteiger partial charge < -0.3 is 5.98 Å². The third-order valence-corrected chi connectivity index (χ3v) is 2.47. The smallest absolute Gasteiger partial charge is 1.00 e. The molecule has 0 aliphatic heterocycles.